The van der Waals surface area contributed by atoms with Crippen LogP contribution in [0.3, 0.4) is 0 Å². The number of aryl methyl sites for hydroxylation is 2. The molecule has 11 heteroatoms. The van der Waals surface area contributed by atoms with E-state index < -0.39 is 40.8 Å². The molecule has 210 valence electrons. The van der Waals surface area contributed by atoms with E-state index in [-0.39, 0.29) is 27.7 Å². The number of alkyl halides is 2. The fourth-order valence-corrected chi connectivity index (χ4v) is 4.95. The molecule has 4 aromatic rings. The number of ether oxygens (including phenoxy) is 1. The second-order valence-corrected chi connectivity index (χ2v) is 11.4. The predicted octanol–water partition coefficient (Wildman–Crippen LogP) is 6.18. The molecule has 0 radical (unpaired) electrons. The summed E-state index contributed by atoms with van der Waals surface area (Å²) in [7, 11) is 1.53. The van der Waals surface area contributed by atoms with E-state index in [2.05, 4.69) is 10.3 Å². The number of nitrogens with one attached hydrogen (secondary N) is 2. The molecular formula is C29H27ClF3N3O4. The molecule has 0 spiro atoms. The monoisotopic (exact) mass is 573 g/mol. The second kappa shape index (κ2) is 9.14. The van der Waals surface area contributed by atoms with E-state index in [1.54, 1.807) is 45.2 Å². The number of aliphatic hydroxyl groups is 1. The number of halogens is 4. The van der Waals surface area contributed by atoms with Crippen molar-refractivity contribution in [1.82, 2.24) is 14.9 Å². The number of carbonyl (C=O) groups is 1. The maximum absolute atomic E-state index is 13.9. The van der Waals surface area contributed by atoms with Gasteiger partial charge in [-0.15, -0.1) is 0 Å². The number of hydrogen-bond donors (Lipinski definition) is 3. The van der Waals surface area contributed by atoms with Crippen molar-refractivity contribution in [2.24, 2.45) is 7.05 Å². The van der Waals surface area contributed by atoms with Gasteiger partial charge in [-0.25, -0.2) is 13.2 Å². The van der Waals surface area contributed by atoms with Gasteiger partial charge in [0.05, 0.1) is 10.6 Å². The minimum Gasteiger partial charge on any atom is -0.455 e. The Morgan fingerprint density at radius 3 is 2.48 bits per heavy atom. The lowest BCUT2D eigenvalue weighted by Crippen LogP contribution is -2.39. The molecule has 1 aliphatic carbocycles. The standard InChI is InChI=1S/C29H27ClF3N3O4/c1-14-8-16(31)10-20(30)24(14)40-22-7-6-15(27(2,3)39)9-17(22)19-12-36(5)26(38)23-18(19)11-21(34-23)25(37)35-28(4)13-29(28,32)33/h6-12,34,39H,13H2,1-5H3,(H,35,37). The minimum atomic E-state index is -3.01. The third-order valence-corrected chi connectivity index (χ3v) is 7.52. The largest absolute Gasteiger partial charge is 0.455 e. The molecule has 1 unspecified atom stereocenters. The number of hydrogen-bond acceptors (Lipinski definition) is 4. The van der Waals surface area contributed by atoms with Crippen LogP contribution in [-0.2, 0) is 12.6 Å². The van der Waals surface area contributed by atoms with Gasteiger partial charge in [-0.05, 0) is 69.2 Å². The highest BCUT2D eigenvalue weighted by Crippen LogP contribution is 2.52. The lowest BCUT2D eigenvalue weighted by molar-refractivity contribution is 0.0709. The number of aromatic amines is 1. The molecule has 1 aliphatic rings. The smallest absolute Gasteiger partial charge is 0.274 e. The van der Waals surface area contributed by atoms with Gasteiger partial charge in [0.15, 0.2) is 0 Å². The fraction of sp³-hybridized carbons (Fsp3) is 0.310. The molecule has 2 heterocycles. The first kappa shape index (κ1) is 27.8. The summed E-state index contributed by atoms with van der Waals surface area (Å²) >= 11 is 6.29. The van der Waals surface area contributed by atoms with Crippen LogP contribution < -0.4 is 15.6 Å². The summed E-state index contributed by atoms with van der Waals surface area (Å²) < 4.78 is 48.9. The average Bonchev–Trinajstić information content (AvgIpc) is 3.15. The molecule has 0 aliphatic heterocycles. The molecule has 1 saturated carbocycles. The van der Waals surface area contributed by atoms with Gasteiger partial charge in [0.1, 0.15) is 34.1 Å². The Morgan fingerprint density at radius 2 is 1.88 bits per heavy atom. The van der Waals surface area contributed by atoms with Gasteiger partial charge >= 0.3 is 0 Å². The summed E-state index contributed by atoms with van der Waals surface area (Å²) in [6.45, 7) is 6.11. The third kappa shape index (κ3) is 4.75. The van der Waals surface area contributed by atoms with Crippen LogP contribution in [-0.4, -0.2) is 32.0 Å². The highest BCUT2D eigenvalue weighted by Gasteiger charge is 2.69. The Morgan fingerprint density at radius 1 is 1.20 bits per heavy atom. The first-order chi connectivity index (χ1) is 18.5. The van der Waals surface area contributed by atoms with Crippen molar-refractivity contribution in [1.29, 1.82) is 0 Å². The zero-order chi connectivity index (χ0) is 29.4. The van der Waals surface area contributed by atoms with Crippen molar-refractivity contribution in [3.05, 3.63) is 80.6 Å². The van der Waals surface area contributed by atoms with Gasteiger partial charge in [-0.2, -0.15) is 0 Å². The number of benzene rings is 2. The molecule has 2 aromatic carbocycles. The van der Waals surface area contributed by atoms with Crippen LogP contribution in [0.5, 0.6) is 11.5 Å². The van der Waals surface area contributed by atoms with Crippen LogP contribution in [0.15, 0.2) is 47.4 Å². The molecule has 1 amide bonds. The number of amides is 1. The van der Waals surface area contributed by atoms with Crippen LogP contribution in [0.1, 0.15) is 48.8 Å². The zero-order valence-electron chi connectivity index (χ0n) is 22.4. The number of carbonyl (C=O) groups excluding carboxylic acids is 1. The number of rotatable bonds is 6. The lowest BCUT2D eigenvalue weighted by atomic mass is 9.93. The van der Waals surface area contributed by atoms with Crippen molar-refractivity contribution in [2.45, 2.75) is 51.2 Å². The third-order valence-electron chi connectivity index (χ3n) is 7.24. The Labute approximate surface area is 232 Å². The summed E-state index contributed by atoms with van der Waals surface area (Å²) in [5.41, 5.74) is -1.49. The second-order valence-electron chi connectivity index (χ2n) is 11.0. The number of H-pyrrole nitrogens is 1. The van der Waals surface area contributed by atoms with Crippen LogP contribution >= 0.6 is 11.6 Å². The Bertz CT molecular complexity index is 1730. The summed E-state index contributed by atoms with van der Waals surface area (Å²) in [6.07, 6.45) is 1.07. The molecule has 7 nitrogen and oxygen atoms in total. The Kier molecular flexibility index (Phi) is 6.35. The van der Waals surface area contributed by atoms with Gasteiger partial charge in [0.2, 0.25) is 0 Å². The number of nitrogens with zero attached hydrogens (tertiary/aromatic N) is 1. The van der Waals surface area contributed by atoms with Crippen molar-refractivity contribution in [2.75, 3.05) is 0 Å². The highest BCUT2D eigenvalue weighted by molar-refractivity contribution is 6.32. The molecule has 1 atom stereocenters. The van der Waals surface area contributed by atoms with Crippen molar-refractivity contribution >= 4 is 28.4 Å². The van der Waals surface area contributed by atoms with Crippen molar-refractivity contribution in [3.63, 3.8) is 0 Å². The quantitative estimate of drug-likeness (QED) is 0.257. The maximum Gasteiger partial charge on any atom is 0.274 e. The van der Waals surface area contributed by atoms with E-state index >= 15 is 0 Å². The molecule has 40 heavy (non-hydrogen) atoms. The average molecular weight is 574 g/mol. The van der Waals surface area contributed by atoms with E-state index in [0.717, 1.165) is 6.07 Å². The molecule has 0 bridgehead atoms. The molecule has 5 rings (SSSR count). The van der Waals surface area contributed by atoms with Crippen LogP contribution in [0.25, 0.3) is 22.0 Å². The zero-order valence-corrected chi connectivity index (χ0v) is 23.1. The highest BCUT2D eigenvalue weighted by atomic mass is 35.5. The Hall–Kier alpha value is -3.76. The molecule has 3 N–H and O–H groups in total. The molecule has 2 aromatic heterocycles. The minimum absolute atomic E-state index is 0.0478. The van der Waals surface area contributed by atoms with E-state index in [9.17, 15) is 27.9 Å². The van der Waals surface area contributed by atoms with Crippen LogP contribution in [0.2, 0.25) is 5.02 Å². The lowest BCUT2D eigenvalue weighted by Gasteiger charge is -2.21. The van der Waals surface area contributed by atoms with Gasteiger partial charge in [0.25, 0.3) is 17.4 Å². The van der Waals surface area contributed by atoms with Crippen LogP contribution in [0, 0.1) is 12.7 Å². The topological polar surface area (TPSA) is 96.3 Å². The van der Waals surface area contributed by atoms with E-state index in [1.165, 1.54) is 30.7 Å². The van der Waals surface area contributed by atoms with Gasteiger partial charge < -0.3 is 24.7 Å². The SMILES string of the molecule is Cc1cc(F)cc(Cl)c1Oc1ccc(C(C)(C)O)cc1-c1cn(C)c(=O)c2[nH]c(C(=O)NC3(C)CC3(F)F)cc12. The number of pyridine rings is 1. The van der Waals surface area contributed by atoms with E-state index in [4.69, 9.17) is 16.3 Å². The van der Waals surface area contributed by atoms with E-state index in [1.807, 2.05) is 0 Å². The molecule has 1 fully saturated rings. The summed E-state index contributed by atoms with van der Waals surface area (Å²) in [5, 5.41) is 13.5. The van der Waals surface area contributed by atoms with Crippen LogP contribution in [0.4, 0.5) is 13.2 Å². The van der Waals surface area contributed by atoms with Gasteiger partial charge in [-0.1, -0.05) is 17.7 Å². The van der Waals surface area contributed by atoms with Crippen molar-refractivity contribution in [3.8, 4) is 22.6 Å². The summed E-state index contributed by atoms with van der Waals surface area (Å²) in [6, 6.07) is 8.78. The number of fused-ring (bicyclic) bond motifs is 1. The predicted molar refractivity (Wildman–Crippen MR) is 146 cm³/mol. The number of aromatic nitrogens is 2. The van der Waals surface area contributed by atoms with E-state index in [0.29, 0.717) is 27.6 Å². The first-order valence-electron chi connectivity index (χ1n) is 12.4. The molecule has 0 saturated heterocycles. The maximum atomic E-state index is 13.9. The molecular weight excluding hydrogens is 547 g/mol. The van der Waals surface area contributed by atoms with Gasteiger partial charge in [0, 0.05) is 36.2 Å². The first-order valence-corrected chi connectivity index (χ1v) is 12.8. The summed E-state index contributed by atoms with van der Waals surface area (Å²) in [4.78, 5) is 28.7. The fourth-order valence-electron chi connectivity index (χ4n) is 4.66. The van der Waals surface area contributed by atoms with Crippen molar-refractivity contribution < 1.29 is 27.8 Å². The normalized spacial score (nSPS) is 18.1. The van der Waals surface area contributed by atoms with Gasteiger partial charge in [-0.3, -0.25) is 9.59 Å². The summed E-state index contributed by atoms with van der Waals surface area (Å²) in [5.74, 6) is -3.82. The Balaban J connectivity index is 1.69.